The van der Waals surface area contributed by atoms with Gasteiger partial charge in [0.15, 0.2) is 0 Å². The molecule has 1 aliphatic rings. The molecule has 0 atom stereocenters. The molecule has 1 nitrogen and oxygen atoms in total. The molecule has 1 aliphatic carbocycles. The van der Waals surface area contributed by atoms with Gasteiger partial charge in [-0.05, 0) is 30.7 Å². The molecule has 0 bridgehead atoms. The van der Waals surface area contributed by atoms with Crippen LogP contribution < -0.4 is 5.32 Å². The molecule has 0 aliphatic heterocycles. The van der Waals surface area contributed by atoms with E-state index >= 15 is 0 Å². The lowest BCUT2D eigenvalue weighted by Crippen LogP contribution is -2.36. The van der Waals surface area contributed by atoms with E-state index in [0.29, 0.717) is 0 Å². The van der Waals surface area contributed by atoms with Crippen LogP contribution in [0.3, 0.4) is 0 Å². The minimum absolute atomic E-state index is 0.838. The Labute approximate surface area is 77.8 Å². The van der Waals surface area contributed by atoms with Gasteiger partial charge in [-0.2, -0.15) is 0 Å². The molecule has 0 amide bonds. The van der Waals surface area contributed by atoms with E-state index in [4.69, 9.17) is 0 Å². The topological polar surface area (TPSA) is 12.0 Å². The number of thiophene rings is 1. The molecule has 0 unspecified atom stereocenters. The summed E-state index contributed by atoms with van der Waals surface area (Å²) in [5.74, 6) is 0. The molecular weight excluding hydrogens is 166 g/mol. The second-order valence-corrected chi connectivity index (χ2v) is 4.44. The predicted octanol–water partition coefficient (Wildman–Crippen LogP) is 2.43. The highest BCUT2D eigenvalue weighted by molar-refractivity contribution is 7.09. The average molecular weight is 181 g/mol. The van der Waals surface area contributed by atoms with Crippen LogP contribution in [0.1, 0.15) is 24.1 Å². The van der Waals surface area contributed by atoms with Crippen molar-refractivity contribution in [2.24, 2.45) is 0 Å². The predicted molar refractivity (Wildman–Crippen MR) is 53.7 cm³/mol. The van der Waals surface area contributed by atoms with Crippen molar-refractivity contribution in [3.63, 3.8) is 0 Å². The molecule has 1 N–H and O–H groups in total. The summed E-state index contributed by atoms with van der Waals surface area (Å²) in [6, 6.07) is 5.18. The summed E-state index contributed by atoms with van der Waals surface area (Å²) >= 11 is 1.86. The fourth-order valence-corrected chi connectivity index (χ4v) is 2.18. The molecule has 1 aromatic heterocycles. The maximum Gasteiger partial charge on any atom is 0.00672 e. The minimum Gasteiger partial charge on any atom is -0.314 e. The quantitative estimate of drug-likeness (QED) is 0.752. The molecule has 2 heteroatoms. The van der Waals surface area contributed by atoms with Gasteiger partial charge in [0.05, 0.1) is 0 Å². The lowest BCUT2D eigenvalue weighted by atomic mass is 9.93. The average Bonchev–Trinajstić information content (AvgIpc) is 2.46. The molecule has 2 rings (SSSR count). The summed E-state index contributed by atoms with van der Waals surface area (Å²) in [4.78, 5) is 1.50. The zero-order valence-electron chi connectivity index (χ0n) is 7.25. The minimum atomic E-state index is 0.838. The number of nitrogens with one attached hydrogen (secondary N) is 1. The molecule has 0 saturated heterocycles. The van der Waals surface area contributed by atoms with E-state index < -0.39 is 0 Å². The van der Waals surface area contributed by atoms with Crippen LogP contribution in [-0.4, -0.2) is 12.6 Å². The summed E-state index contributed by atoms with van der Waals surface area (Å²) in [6.07, 6.45) is 5.42. The number of hydrogen-bond acceptors (Lipinski definition) is 2. The van der Waals surface area contributed by atoms with Gasteiger partial charge in [-0.15, -0.1) is 11.3 Å². The van der Waals surface area contributed by atoms with E-state index in [-0.39, 0.29) is 0 Å². The van der Waals surface area contributed by atoms with E-state index in [1.807, 2.05) is 11.3 Å². The SMILES string of the molecule is c1csc(CCNC2CCC2)c1. The van der Waals surface area contributed by atoms with Gasteiger partial charge >= 0.3 is 0 Å². The van der Waals surface area contributed by atoms with Gasteiger partial charge in [0.1, 0.15) is 0 Å². The Morgan fingerprint density at radius 3 is 3.00 bits per heavy atom. The summed E-state index contributed by atoms with van der Waals surface area (Å²) in [6.45, 7) is 1.16. The van der Waals surface area contributed by atoms with Crippen LogP contribution >= 0.6 is 11.3 Å². The van der Waals surface area contributed by atoms with Gasteiger partial charge in [0, 0.05) is 17.5 Å². The van der Waals surface area contributed by atoms with Crippen LogP contribution in [0.5, 0.6) is 0 Å². The molecule has 0 spiro atoms. The lowest BCUT2D eigenvalue weighted by molar-refractivity contribution is 0.342. The van der Waals surface area contributed by atoms with Crippen molar-refractivity contribution < 1.29 is 0 Å². The van der Waals surface area contributed by atoms with E-state index in [1.54, 1.807) is 0 Å². The fraction of sp³-hybridized carbons (Fsp3) is 0.600. The summed E-state index contributed by atoms with van der Waals surface area (Å²) in [5.41, 5.74) is 0. The molecule has 1 fully saturated rings. The van der Waals surface area contributed by atoms with Crippen LogP contribution in [-0.2, 0) is 6.42 Å². The Balaban J connectivity index is 1.62. The van der Waals surface area contributed by atoms with Gasteiger partial charge in [-0.3, -0.25) is 0 Å². The molecule has 66 valence electrons. The van der Waals surface area contributed by atoms with Crippen LogP contribution in [0.15, 0.2) is 17.5 Å². The third-order valence-corrected chi connectivity index (χ3v) is 3.43. The highest BCUT2D eigenvalue weighted by atomic mass is 32.1. The van der Waals surface area contributed by atoms with E-state index in [1.165, 1.54) is 30.6 Å². The third-order valence-electron chi connectivity index (χ3n) is 2.49. The van der Waals surface area contributed by atoms with Gasteiger partial charge in [-0.1, -0.05) is 12.5 Å². The first-order chi connectivity index (χ1) is 5.95. The maximum atomic E-state index is 3.56. The third kappa shape index (κ3) is 2.08. The van der Waals surface area contributed by atoms with Crippen molar-refractivity contribution in [2.45, 2.75) is 31.7 Å². The van der Waals surface area contributed by atoms with Gasteiger partial charge in [0.2, 0.25) is 0 Å². The molecule has 0 radical (unpaired) electrons. The Kier molecular flexibility index (Phi) is 2.79. The standard InChI is InChI=1S/C10H15NS/c1-3-9(4-1)11-7-6-10-5-2-8-12-10/h2,5,8-9,11H,1,3-4,6-7H2. The Bertz CT molecular complexity index is 214. The van der Waals surface area contributed by atoms with Crippen molar-refractivity contribution in [1.29, 1.82) is 0 Å². The lowest BCUT2D eigenvalue weighted by Gasteiger charge is -2.26. The highest BCUT2D eigenvalue weighted by Gasteiger charge is 2.15. The molecule has 1 heterocycles. The molecule has 1 saturated carbocycles. The Morgan fingerprint density at radius 1 is 1.50 bits per heavy atom. The van der Waals surface area contributed by atoms with E-state index in [2.05, 4.69) is 22.8 Å². The fourth-order valence-electron chi connectivity index (χ4n) is 1.47. The second kappa shape index (κ2) is 4.06. The first kappa shape index (κ1) is 8.27. The molecular formula is C10H15NS. The van der Waals surface area contributed by atoms with Crippen LogP contribution in [0.4, 0.5) is 0 Å². The monoisotopic (exact) mass is 181 g/mol. The first-order valence-electron chi connectivity index (χ1n) is 4.71. The summed E-state index contributed by atoms with van der Waals surface area (Å²) < 4.78 is 0. The van der Waals surface area contributed by atoms with Crippen LogP contribution in [0.25, 0.3) is 0 Å². The second-order valence-electron chi connectivity index (χ2n) is 3.41. The number of rotatable bonds is 4. The van der Waals surface area contributed by atoms with E-state index in [9.17, 15) is 0 Å². The summed E-state index contributed by atoms with van der Waals surface area (Å²) in [7, 11) is 0. The van der Waals surface area contributed by atoms with Gasteiger partial charge in [0.25, 0.3) is 0 Å². The van der Waals surface area contributed by atoms with Crippen LogP contribution in [0, 0.1) is 0 Å². The molecule has 0 aromatic carbocycles. The largest absolute Gasteiger partial charge is 0.314 e. The van der Waals surface area contributed by atoms with Crippen molar-refractivity contribution in [3.05, 3.63) is 22.4 Å². The zero-order valence-corrected chi connectivity index (χ0v) is 8.07. The van der Waals surface area contributed by atoms with Crippen LogP contribution in [0.2, 0.25) is 0 Å². The van der Waals surface area contributed by atoms with Crippen molar-refractivity contribution in [1.82, 2.24) is 5.32 Å². The van der Waals surface area contributed by atoms with E-state index in [0.717, 1.165) is 12.6 Å². The van der Waals surface area contributed by atoms with Crippen molar-refractivity contribution in [3.8, 4) is 0 Å². The number of hydrogen-bond donors (Lipinski definition) is 1. The van der Waals surface area contributed by atoms with Gasteiger partial charge < -0.3 is 5.32 Å². The smallest absolute Gasteiger partial charge is 0.00672 e. The highest BCUT2D eigenvalue weighted by Crippen LogP contribution is 2.18. The summed E-state index contributed by atoms with van der Waals surface area (Å²) in [5, 5.41) is 5.72. The molecule has 12 heavy (non-hydrogen) atoms. The molecule has 1 aromatic rings. The Hall–Kier alpha value is -0.340. The first-order valence-corrected chi connectivity index (χ1v) is 5.59. The zero-order chi connectivity index (χ0) is 8.23. The Morgan fingerprint density at radius 2 is 2.42 bits per heavy atom. The van der Waals surface area contributed by atoms with Gasteiger partial charge in [-0.25, -0.2) is 0 Å². The normalized spacial score (nSPS) is 17.7. The maximum absolute atomic E-state index is 3.56. The van der Waals surface area contributed by atoms with Crippen molar-refractivity contribution in [2.75, 3.05) is 6.54 Å². The van der Waals surface area contributed by atoms with Crippen molar-refractivity contribution >= 4 is 11.3 Å².